The molecule has 0 radical (unpaired) electrons. The van der Waals surface area contributed by atoms with Crippen LogP contribution in [-0.4, -0.2) is 11.9 Å². The number of hydrogen-bond donors (Lipinski definition) is 1. The Hall–Kier alpha value is -1.89. The van der Waals surface area contributed by atoms with Crippen LogP contribution in [0.5, 0.6) is 0 Å². The van der Waals surface area contributed by atoms with Crippen molar-refractivity contribution in [1.29, 1.82) is 5.26 Å². The number of carbonyl (C=O) groups is 1. The van der Waals surface area contributed by atoms with Crippen LogP contribution < -0.4 is 5.32 Å². The van der Waals surface area contributed by atoms with E-state index in [2.05, 4.69) is 5.32 Å². The molecule has 0 aliphatic carbocycles. The van der Waals surface area contributed by atoms with Crippen molar-refractivity contribution in [3.8, 4) is 6.07 Å². The largest absolute Gasteiger partial charge is 0.350 e. The minimum atomic E-state index is -0.674. The zero-order valence-corrected chi connectivity index (χ0v) is 8.54. The third-order valence-corrected chi connectivity index (χ3v) is 1.76. The molecular weight excluding hydrogens is 195 g/mol. The summed E-state index contributed by atoms with van der Waals surface area (Å²) in [7, 11) is 0. The Morgan fingerprint density at radius 1 is 1.53 bits per heavy atom. The topological polar surface area (TPSA) is 52.9 Å². The molecule has 1 amide bonds. The van der Waals surface area contributed by atoms with E-state index in [0.717, 1.165) is 6.07 Å². The second-order valence-corrected chi connectivity index (χ2v) is 3.43. The van der Waals surface area contributed by atoms with Gasteiger partial charge in [-0.25, -0.2) is 4.39 Å². The molecule has 0 aliphatic heterocycles. The van der Waals surface area contributed by atoms with E-state index in [1.54, 1.807) is 19.9 Å². The Morgan fingerprint density at radius 3 is 2.67 bits per heavy atom. The van der Waals surface area contributed by atoms with Gasteiger partial charge in [-0.15, -0.1) is 0 Å². The van der Waals surface area contributed by atoms with Crippen LogP contribution in [0, 0.1) is 17.1 Å². The van der Waals surface area contributed by atoms with Gasteiger partial charge < -0.3 is 5.32 Å². The van der Waals surface area contributed by atoms with E-state index < -0.39 is 11.7 Å². The van der Waals surface area contributed by atoms with E-state index in [-0.39, 0.29) is 17.2 Å². The van der Waals surface area contributed by atoms with E-state index in [0.29, 0.717) is 0 Å². The number of halogens is 1. The normalized spacial score (nSPS) is 9.80. The second-order valence-electron chi connectivity index (χ2n) is 3.43. The molecule has 4 heteroatoms. The molecular formula is C11H11FN2O. The van der Waals surface area contributed by atoms with E-state index in [9.17, 15) is 9.18 Å². The second kappa shape index (κ2) is 4.56. The Labute approximate surface area is 87.5 Å². The van der Waals surface area contributed by atoms with Gasteiger partial charge in [-0.1, -0.05) is 0 Å². The fourth-order valence-electron chi connectivity index (χ4n) is 1.11. The number of benzene rings is 1. The third kappa shape index (κ3) is 2.78. The highest BCUT2D eigenvalue weighted by molar-refractivity contribution is 5.94. The smallest absolute Gasteiger partial charge is 0.254 e. The summed E-state index contributed by atoms with van der Waals surface area (Å²) in [6.45, 7) is 3.58. The lowest BCUT2D eigenvalue weighted by Crippen LogP contribution is -2.30. The summed E-state index contributed by atoms with van der Waals surface area (Å²) in [5.41, 5.74) is 0.163. The van der Waals surface area contributed by atoms with Gasteiger partial charge in [0, 0.05) is 6.04 Å². The molecule has 0 unspecified atom stereocenters. The SMILES string of the molecule is CC(C)NC(=O)c1ccc(C#N)cc1F. The lowest BCUT2D eigenvalue weighted by Gasteiger charge is -2.08. The van der Waals surface area contributed by atoms with Crippen molar-refractivity contribution in [3.05, 3.63) is 35.1 Å². The zero-order valence-electron chi connectivity index (χ0n) is 8.54. The maximum absolute atomic E-state index is 13.3. The first-order valence-electron chi connectivity index (χ1n) is 4.55. The number of nitriles is 1. The van der Waals surface area contributed by atoms with Crippen LogP contribution in [0.1, 0.15) is 29.8 Å². The van der Waals surface area contributed by atoms with E-state index in [1.165, 1.54) is 12.1 Å². The molecule has 1 aromatic rings. The Bertz CT molecular complexity index is 421. The van der Waals surface area contributed by atoms with Gasteiger partial charge in [-0.05, 0) is 32.0 Å². The highest BCUT2D eigenvalue weighted by atomic mass is 19.1. The third-order valence-electron chi connectivity index (χ3n) is 1.76. The Balaban J connectivity index is 2.97. The molecule has 3 nitrogen and oxygen atoms in total. The molecule has 0 atom stereocenters. The standard InChI is InChI=1S/C11H11FN2O/c1-7(2)14-11(15)9-4-3-8(6-13)5-10(9)12/h3-5,7H,1-2H3,(H,14,15). The highest BCUT2D eigenvalue weighted by Gasteiger charge is 2.12. The maximum atomic E-state index is 13.3. The van der Waals surface area contributed by atoms with Crippen molar-refractivity contribution < 1.29 is 9.18 Å². The van der Waals surface area contributed by atoms with Crippen molar-refractivity contribution in [1.82, 2.24) is 5.32 Å². The highest BCUT2D eigenvalue weighted by Crippen LogP contribution is 2.09. The molecule has 0 saturated carbocycles. The summed E-state index contributed by atoms with van der Waals surface area (Å²) < 4.78 is 13.3. The molecule has 1 rings (SSSR count). The van der Waals surface area contributed by atoms with E-state index in [4.69, 9.17) is 5.26 Å². The first-order valence-corrected chi connectivity index (χ1v) is 4.55. The minimum absolute atomic E-state index is 0.0392. The van der Waals surface area contributed by atoms with Crippen molar-refractivity contribution >= 4 is 5.91 Å². The van der Waals surface area contributed by atoms with Gasteiger partial charge in [0.15, 0.2) is 0 Å². The van der Waals surface area contributed by atoms with Crippen LogP contribution in [0.2, 0.25) is 0 Å². The van der Waals surface area contributed by atoms with Gasteiger partial charge in [-0.3, -0.25) is 4.79 Å². The molecule has 1 aromatic carbocycles. The molecule has 0 saturated heterocycles. The van der Waals surface area contributed by atoms with Crippen LogP contribution in [0.3, 0.4) is 0 Å². The number of nitrogens with one attached hydrogen (secondary N) is 1. The lowest BCUT2D eigenvalue weighted by molar-refractivity contribution is 0.0939. The molecule has 1 N–H and O–H groups in total. The fraction of sp³-hybridized carbons (Fsp3) is 0.273. The molecule has 0 aliphatic rings. The van der Waals surface area contributed by atoms with Crippen molar-refractivity contribution in [2.75, 3.05) is 0 Å². The summed E-state index contributed by atoms with van der Waals surface area (Å²) in [5.74, 6) is -1.14. The summed E-state index contributed by atoms with van der Waals surface area (Å²) in [4.78, 5) is 11.4. The summed E-state index contributed by atoms with van der Waals surface area (Å²) >= 11 is 0. The number of hydrogen-bond acceptors (Lipinski definition) is 2. The van der Waals surface area contributed by atoms with Gasteiger partial charge in [-0.2, -0.15) is 5.26 Å². The minimum Gasteiger partial charge on any atom is -0.350 e. The maximum Gasteiger partial charge on any atom is 0.254 e. The molecule has 0 fully saturated rings. The van der Waals surface area contributed by atoms with Crippen molar-refractivity contribution in [3.63, 3.8) is 0 Å². The van der Waals surface area contributed by atoms with Gasteiger partial charge >= 0.3 is 0 Å². The van der Waals surface area contributed by atoms with Gasteiger partial charge in [0.05, 0.1) is 17.2 Å². The van der Waals surface area contributed by atoms with Crippen molar-refractivity contribution in [2.24, 2.45) is 0 Å². The van der Waals surface area contributed by atoms with E-state index in [1.807, 2.05) is 0 Å². The average Bonchev–Trinajstić information content (AvgIpc) is 2.16. The molecule has 0 bridgehead atoms. The lowest BCUT2D eigenvalue weighted by atomic mass is 10.1. The number of carbonyl (C=O) groups excluding carboxylic acids is 1. The van der Waals surface area contributed by atoms with Gasteiger partial charge in [0.2, 0.25) is 0 Å². The molecule has 0 aromatic heterocycles. The Morgan fingerprint density at radius 2 is 2.20 bits per heavy atom. The van der Waals surface area contributed by atoms with Crippen LogP contribution in [-0.2, 0) is 0 Å². The first-order chi connectivity index (χ1) is 7.04. The summed E-state index contributed by atoms with van der Waals surface area (Å²) in [6.07, 6.45) is 0. The summed E-state index contributed by atoms with van der Waals surface area (Å²) in [6, 6.07) is 5.53. The van der Waals surface area contributed by atoms with Crippen molar-refractivity contribution in [2.45, 2.75) is 19.9 Å². The van der Waals surface area contributed by atoms with E-state index >= 15 is 0 Å². The molecule has 15 heavy (non-hydrogen) atoms. The Kier molecular flexibility index (Phi) is 3.40. The van der Waals surface area contributed by atoms with Crippen LogP contribution in [0.4, 0.5) is 4.39 Å². The van der Waals surface area contributed by atoms with Crippen LogP contribution in [0.25, 0.3) is 0 Å². The van der Waals surface area contributed by atoms with Gasteiger partial charge in [0.25, 0.3) is 5.91 Å². The van der Waals surface area contributed by atoms with Crippen LogP contribution in [0.15, 0.2) is 18.2 Å². The zero-order chi connectivity index (χ0) is 11.4. The molecule has 0 spiro atoms. The molecule has 78 valence electrons. The number of rotatable bonds is 2. The predicted molar refractivity (Wildman–Crippen MR) is 53.7 cm³/mol. The predicted octanol–water partition coefficient (Wildman–Crippen LogP) is 1.84. The first kappa shape index (κ1) is 11.2. The quantitative estimate of drug-likeness (QED) is 0.802. The number of nitrogens with zero attached hydrogens (tertiary/aromatic N) is 1. The monoisotopic (exact) mass is 206 g/mol. The molecule has 0 heterocycles. The number of amides is 1. The average molecular weight is 206 g/mol. The fourth-order valence-corrected chi connectivity index (χ4v) is 1.11. The van der Waals surface area contributed by atoms with Gasteiger partial charge in [0.1, 0.15) is 5.82 Å². The van der Waals surface area contributed by atoms with Crippen LogP contribution >= 0.6 is 0 Å². The summed E-state index contributed by atoms with van der Waals surface area (Å²) in [5, 5.41) is 11.1.